The van der Waals surface area contributed by atoms with Crippen molar-refractivity contribution in [1.82, 2.24) is 15.3 Å². The Labute approximate surface area is 135 Å². The molecule has 0 aromatic carbocycles. The summed E-state index contributed by atoms with van der Waals surface area (Å²) in [4.78, 5) is 19.3. The highest BCUT2D eigenvalue weighted by Crippen LogP contribution is 2.21. The number of aryl methyl sites for hydroxylation is 1. The van der Waals surface area contributed by atoms with Crippen LogP contribution in [0.2, 0.25) is 0 Å². The van der Waals surface area contributed by atoms with Crippen molar-refractivity contribution in [3.05, 3.63) is 34.2 Å². The molecule has 3 rings (SSSR count). The first-order chi connectivity index (χ1) is 11.2. The summed E-state index contributed by atoms with van der Waals surface area (Å²) in [6, 6.07) is 4.00. The number of piperidine rings is 1. The Morgan fingerprint density at radius 3 is 3.17 bits per heavy atom. The third-order valence-electron chi connectivity index (χ3n) is 4.24. The molecule has 6 nitrogen and oxygen atoms in total. The maximum atomic E-state index is 11.9. The van der Waals surface area contributed by atoms with Crippen LogP contribution in [0, 0.1) is 6.92 Å². The highest BCUT2D eigenvalue weighted by atomic mass is 16.5. The van der Waals surface area contributed by atoms with Gasteiger partial charge in [0.15, 0.2) is 5.82 Å². The molecule has 0 unspecified atom stereocenters. The average molecular weight is 316 g/mol. The lowest BCUT2D eigenvalue weighted by Gasteiger charge is -2.33. The van der Waals surface area contributed by atoms with E-state index in [1.165, 1.54) is 0 Å². The van der Waals surface area contributed by atoms with Gasteiger partial charge in [0.2, 0.25) is 0 Å². The molecule has 23 heavy (non-hydrogen) atoms. The molecular weight excluding hydrogens is 292 g/mol. The normalized spacial score (nSPS) is 21.5. The number of aromatic amines is 1. The van der Waals surface area contributed by atoms with Gasteiger partial charge in [-0.2, -0.15) is 0 Å². The second kappa shape index (κ2) is 7.10. The Hall–Kier alpha value is -1.92. The van der Waals surface area contributed by atoms with Crippen molar-refractivity contribution < 1.29 is 4.74 Å². The van der Waals surface area contributed by atoms with Gasteiger partial charge in [0.05, 0.1) is 17.7 Å². The summed E-state index contributed by atoms with van der Waals surface area (Å²) in [5, 5.41) is 7.84. The fourth-order valence-corrected chi connectivity index (χ4v) is 2.96. The van der Waals surface area contributed by atoms with Crippen LogP contribution < -0.4 is 16.2 Å². The van der Waals surface area contributed by atoms with E-state index in [2.05, 4.69) is 27.5 Å². The minimum atomic E-state index is -0.0716. The number of hydrogen-bond donors (Lipinski definition) is 3. The van der Waals surface area contributed by atoms with Gasteiger partial charge in [-0.05, 0) is 38.4 Å². The summed E-state index contributed by atoms with van der Waals surface area (Å²) in [6.07, 6.45) is 3.84. The summed E-state index contributed by atoms with van der Waals surface area (Å²) < 4.78 is 5.95. The number of hydrogen-bond acceptors (Lipinski definition) is 5. The molecule has 1 saturated heterocycles. The van der Waals surface area contributed by atoms with Gasteiger partial charge in [0.25, 0.3) is 5.56 Å². The maximum absolute atomic E-state index is 11.9. The van der Waals surface area contributed by atoms with Gasteiger partial charge < -0.3 is 20.4 Å². The molecule has 0 amide bonds. The molecule has 2 aromatic heterocycles. The third-order valence-corrected chi connectivity index (χ3v) is 4.24. The highest BCUT2D eigenvalue weighted by molar-refractivity contribution is 5.88. The van der Waals surface area contributed by atoms with E-state index in [9.17, 15) is 4.79 Å². The van der Waals surface area contributed by atoms with Gasteiger partial charge in [-0.3, -0.25) is 4.79 Å². The first kappa shape index (κ1) is 16.0. The maximum Gasteiger partial charge on any atom is 0.251 e. The average Bonchev–Trinajstić information content (AvgIpc) is 2.56. The lowest BCUT2D eigenvalue weighted by molar-refractivity contribution is 0.0291. The van der Waals surface area contributed by atoms with Crippen LogP contribution in [0.3, 0.4) is 0 Å². The SMILES string of the molecule is CCCO[C@@H]1CNCC[C@@H]1Nc1nccc2cc(C)c(=O)[nH]c12. The zero-order valence-corrected chi connectivity index (χ0v) is 13.7. The Kier molecular flexibility index (Phi) is 4.93. The molecule has 124 valence electrons. The van der Waals surface area contributed by atoms with Crippen LogP contribution in [0.25, 0.3) is 10.9 Å². The number of rotatable bonds is 5. The summed E-state index contributed by atoms with van der Waals surface area (Å²) in [5.41, 5.74) is 1.40. The van der Waals surface area contributed by atoms with Crippen molar-refractivity contribution in [2.24, 2.45) is 0 Å². The topological polar surface area (TPSA) is 79.0 Å². The van der Waals surface area contributed by atoms with E-state index in [1.807, 2.05) is 19.1 Å². The Balaban J connectivity index is 1.87. The summed E-state index contributed by atoms with van der Waals surface area (Å²) in [6.45, 7) is 6.46. The van der Waals surface area contributed by atoms with Crippen molar-refractivity contribution >= 4 is 16.7 Å². The molecule has 2 aromatic rings. The smallest absolute Gasteiger partial charge is 0.251 e. The zero-order chi connectivity index (χ0) is 16.2. The number of fused-ring (bicyclic) bond motifs is 1. The van der Waals surface area contributed by atoms with Gasteiger partial charge >= 0.3 is 0 Å². The standard InChI is InChI=1S/C17H24N4O2/c1-3-8-23-14-10-18-6-5-13(14)20-16-15-12(4-7-19-16)9-11(2)17(22)21-15/h4,7,9,13-14,18H,3,5-6,8,10H2,1-2H3,(H,19,20)(H,21,22)/t13-,14+/m0/s1. The number of aromatic nitrogens is 2. The van der Waals surface area contributed by atoms with E-state index in [1.54, 1.807) is 6.20 Å². The van der Waals surface area contributed by atoms with Crippen LogP contribution in [0.15, 0.2) is 23.1 Å². The van der Waals surface area contributed by atoms with E-state index >= 15 is 0 Å². The molecule has 3 heterocycles. The molecule has 0 bridgehead atoms. The molecular formula is C17H24N4O2. The third kappa shape index (κ3) is 3.54. The van der Waals surface area contributed by atoms with Crippen molar-refractivity contribution in [1.29, 1.82) is 0 Å². The largest absolute Gasteiger partial charge is 0.375 e. The minimum Gasteiger partial charge on any atom is -0.375 e. The van der Waals surface area contributed by atoms with Crippen molar-refractivity contribution in [2.75, 3.05) is 25.0 Å². The number of ether oxygens (including phenoxy) is 1. The Morgan fingerprint density at radius 1 is 1.48 bits per heavy atom. The van der Waals surface area contributed by atoms with Crippen molar-refractivity contribution in [3.8, 4) is 0 Å². The molecule has 1 fully saturated rings. The van der Waals surface area contributed by atoms with Gasteiger partial charge in [-0.25, -0.2) is 4.98 Å². The van der Waals surface area contributed by atoms with E-state index in [4.69, 9.17) is 4.74 Å². The quantitative estimate of drug-likeness (QED) is 0.784. The van der Waals surface area contributed by atoms with Crippen LogP contribution in [0.5, 0.6) is 0 Å². The molecule has 1 aliphatic heterocycles. The Morgan fingerprint density at radius 2 is 2.35 bits per heavy atom. The van der Waals surface area contributed by atoms with Gasteiger partial charge in [0.1, 0.15) is 0 Å². The lowest BCUT2D eigenvalue weighted by atomic mass is 10.0. The molecule has 0 radical (unpaired) electrons. The predicted molar refractivity (Wildman–Crippen MR) is 92.0 cm³/mol. The van der Waals surface area contributed by atoms with Gasteiger partial charge in [-0.15, -0.1) is 0 Å². The van der Waals surface area contributed by atoms with E-state index < -0.39 is 0 Å². The van der Waals surface area contributed by atoms with Crippen LogP contribution in [0.4, 0.5) is 5.82 Å². The van der Waals surface area contributed by atoms with E-state index in [0.29, 0.717) is 5.56 Å². The van der Waals surface area contributed by atoms with E-state index in [0.717, 1.165) is 49.3 Å². The zero-order valence-electron chi connectivity index (χ0n) is 13.7. The van der Waals surface area contributed by atoms with Crippen LogP contribution in [-0.2, 0) is 4.74 Å². The molecule has 0 spiro atoms. The van der Waals surface area contributed by atoms with Gasteiger partial charge in [0, 0.05) is 30.3 Å². The molecule has 6 heteroatoms. The van der Waals surface area contributed by atoms with Crippen molar-refractivity contribution in [2.45, 2.75) is 38.8 Å². The number of nitrogens with one attached hydrogen (secondary N) is 3. The fourth-order valence-electron chi connectivity index (χ4n) is 2.96. The lowest BCUT2D eigenvalue weighted by Crippen LogP contribution is -2.49. The van der Waals surface area contributed by atoms with Crippen LogP contribution >= 0.6 is 0 Å². The number of H-pyrrole nitrogens is 1. The number of anilines is 1. The first-order valence-electron chi connectivity index (χ1n) is 8.26. The molecule has 1 aliphatic rings. The minimum absolute atomic E-state index is 0.0716. The molecule has 0 aliphatic carbocycles. The number of pyridine rings is 2. The second-order valence-electron chi connectivity index (χ2n) is 6.06. The molecule has 2 atom stereocenters. The number of nitrogens with zero attached hydrogens (tertiary/aromatic N) is 1. The summed E-state index contributed by atoms with van der Waals surface area (Å²) in [5.74, 6) is 0.719. The van der Waals surface area contributed by atoms with Crippen LogP contribution in [-0.4, -0.2) is 41.8 Å². The van der Waals surface area contributed by atoms with E-state index in [-0.39, 0.29) is 17.7 Å². The summed E-state index contributed by atoms with van der Waals surface area (Å²) in [7, 11) is 0. The van der Waals surface area contributed by atoms with Gasteiger partial charge in [-0.1, -0.05) is 6.92 Å². The predicted octanol–water partition coefficient (Wildman–Crippen LogP) is 1.80. The highest BCUT2D eigenvalue weighted by Gasteiger charge is 2.26. The summed E-state index contributed by atoms with van der Waals surface area (Å²) >= 11 is 0. The molecule has 3 N–H and O–H groups in total. The first-order valence-corrected chi connectivity index (χ1v) is 8.26. The molecule has 0 saturated carbocycles. The van der Waals surface area contributed by atoms with Crippen molar-refractivity contribution in [3.63, 3.8) is 0 Å². The second-order valence-corrected chi connectivity index (χ2v) is 6.06. The monoisotopic (exact) mass is 316 g/mol. The fraction of sp³-hybridized carbons (Fsp3) is 0.529. The van der Waals surface area contributed by atoms with Crippen LogP contribution in [0.1, 0.15) is 25.3 Å². The Bertz CT molecular complexity index is 728.